The maximum Gasteiger partial charge on any atom is 0.0244 e. The van der Waals surface area contributed by atoms with Gasteiger partial charge in [0.25, 0.3) is 0 Å². The molecule has 3 nitrogen and oxygen atoms in total. The number of hydrogen-bond donors (Lipinski definition) is 1. The lowest BCUT2D eigenvalue weighted by molar-refractivity contribution is 0.0576. The van der Waals surface area contributed by atoms with Gasteiger partial charge in [0.15, 0.2) is 0 Å². The molecule has 1 rings (SSSR count). The summed E-state index contributed by atoms with van der Waals surface area (Å²) in [6.07, 6.45) is 1.26. The average Bonchev–Trinajstić information content (AvgIpc) is 2.24. The fourth-order valence-electron chi connectivity index (χ4n) is 2.69. The second kappa shape index (κ2) is 6.36. The van der Waals surface area contributed by atoms with Crippen LogP contribution in [0, 0.1) is 5.41 Å². The minimum absolute atomic E-state index is 0.347. The number of piperazine rings is 1. The van der Waals surface area contributed by atoms with E-state index in [4.69, 9.17) is 0 Å². The van der Waals surface area contributed by atoms with Crippen molar-refractivity contribution in [3.8, 4) is 0 Å². The van der Waals surface area contributed by atoms with E-state index in [1.54, 1.807) is 0 Å². The van der Waals surface area contributed by atoms with Crippen molar-refractivity contribution in [3.05, 3.63) is 0 Å². The highest BCUT2D eigenvalue weighted by Crippen LogP contribution is 2.25. The maximum absolute atomic E-state index is 3.71. The highest BCUT2D eigenvalue weighted by Gasteiger charge is 2.34. The van der Waals surface area contributed by atoms with Gasteiger partial charge in [-0.1, -0.05) is 20.8 Å². The van der Waals surface area contributed by atoms with Crippen LogP contribution in [0.5, 0.6) is 0 Å². The highest BCUT2D eigenvalue weighted by atomic mass is 15.3. The first-order chi connectivity index (χ1) is 8.21. The van der Waals surface area contributed by atoms with Crippen molar-refractivity contribution in [2.24, 2.45) is 5.41 Å². The molecular weight excluding hydrogens is 222 g/mol. The monoisotopic (exact) mass is 255 g/mol. The second-order valence-electron chi connectivity index (χ2n) is 7.31. The molecular formula is C15H33N3. The normalized spacial score (nSPS) is 28.7. The lowest BCUT2D eigenvalue weighted by atomic mass is 9.84. The molecule has 1 heterocycles. The van der Waals surface area contributed by atoms with Crippen LogP contribution in [0.25, 0.3) is 0 Å². The summed E-state index contributed by atoms with van der Waals surface area (Å²) in [5.41, 5.74) is 0.347. The number of nitrogens with zero attached hydrogens (tertiary/aromatic N) is 2. The molecule has 108 valence electrons. The molecule has 1 aliphatic rings. The molecule has 0 saturated carbocycles. The SMILES string of the molecule is CC(CCN(C)C)N1CC(C(C)(C)C)NCC1C. The highest BCUT2D eigenvalue weighted by molar-refractivity contribution is 4.92. The number of hydrogen-bond acceptors (Lipinski definition) is 3. The first kappa shape index (κ1) is 15.9. The predicted octanol–water partition coefficient (Wildman–Crippen LogP) is 2.03. The van der Waals surface area contributed by atoms with E-state index in [1.807, 2.05) is 0 Å². The zero-order chi connectivity index (χ0) is 13.9. The Hall–Kier alpha value is -0.120. The Balaban J connectivity index is 2.56. The Morgan fingerprint density at radius 2 is 1.94 bits per heavy atom. The van der Waals surface area contributed by atoms with Crippen molar-refractivity contribution in [3.63, 3.8) is 0 Å². The largest absolute Gasteiger partial charge is 0.311 e. The summed E-state index contributed by atoms with van der Waals surface area (Å²) in [7, 11) is 4.32. The minimum Gasteiger partial charge on any atom is -0.311 e. The first-order valence-corrected chi connectivity index (χ1v) is 7.35. The molecule has 18 heavy (non-hydrogen) atoms. The van der Waals surface area contributed by atoms with Gasteiger partial charge in [0, 0.05) is 31.2 Å². The van der Waals surface area contributed by atoms with Gasteiger partial charge in [-0.3, -0.25) is 4.90 Å². The van der Waals surface area contributed by atoms with E-state index in [9.17, 15) is 0 Å². The van der Waals surface area contributed by atoms with Crippen molar-refractivity contribution in [1.29, 1.82) is 0 Å². The van der Waals surface area contributed by atoms with Crippen molar-refractivity contribution in [1.82, 2.24) is 15.1 Å². The van der Waals surface area contributed by atoms with E-state index in [-0.39, 0.29) is 0 Å². The molecule has 0 aromatic heterocycles. The first-order valence-electron chi connectivity index (χ1n) is 7.35. The van der Waals surface area contributed by atoms with Crippen LogP contribution in [0.4, 0.5) is 0 Å². The van der Waals surface area contributed by atoms with Crippen LogP contribution in [-0.2, 0) is 0 Å². The summed E-state index contributed by atoms with van der Waals surface area (Å²) in [5, 5.41) is 3.71. The molecule has 0 aromatic rings. The summed E-state index contributed by atoms with van der Waals surface area (Å²) in [6.45, 7) is 15.2. The van der Waals surface area contributed by atoms with Gasteiger partial charge < -0.3 is 10.2 Å². The van der Waals surface area contributed by atoms with Crippen LogP contribution in [-0.4, -0.2) is 61.7 Å². The van der Waals surface area contributed by atoms with Gasteiger partial charge in [-0.05, 0) is 46.3 Å². The Labute approximate surface area is 114 Å². The van der Waals surface area contributed by atoms with Crippen molar-refractivity contribution >= 4 is 0 Å². The molecule has 1 N–H and O–H groups in total. The van der Waals surface area contributed by atoms with Gasteiger partial charge >= 0.3 is 0 Å². The van der Waals surface area contributed by atoms with Crippen LogP contribution < -0.4 is 5.32 Å². The molecule has 3 heteroatoms. The fraction of sp³-hybridized carbons (Fsp3) is 1.00. The number of nitrogens with one attached hydrogen (secondary N) is 1. The van der Waals surface area contributed by atoms with Crippen molar-refractivity contribution < 1.29 is 0 Å². The lowest BCUT2D eigenvalue weighted by Gasteiger charge is -2.46. The van der Waals surface area contributed by atoms with E-state index in [2.05, 4.69) is 63.8 Å². The Morgan fingerprint density at radius 1 is 1.33 bits per heavy atom. The zero-order valence-electron chi connectivity index (χ0n) is 13.5. The fourth-order valence-corrected chi connectivity index (χ4v) is 2.69. The van der Waals surface area contributed by atoms with Gasteiger partial charge in [0.1, 0.15) is 0 Å². The second-order valence-corrected chi connectivity index (χ2v) is 7.31. The van der Waals surface area contributed by atoms with Gasteiger partial charge in [0.05, 0.1) is 0 Å². The zero-order valence-corrected chi connectivity index (χ0v) is 13.5. The third-order valence-corrected chi connectivity index (χ3v) is 4.22. The molecule has 0 bridgehead atoms. The van der Waals surface area contributed by atoms with Crippen LogP contribution in [0.2, 0.25) is 0 Å². The molecule has 0 aromatic carbocycles. The Morgan fingerprint density at radius 3 is 2.44 bits per heavy atom. The summed E-state index contributed by atoms with van der Waals surface area (Å²) < 4.78 is 0. The summed E-state index contributed by atoms with van der Waals surface area (Å²) in [5.74, 6) is 0. The standard InChI is InChI=1S/C15H33N3/c1-12(8-9-17(6)7)18-11-14(15(3,4)5)16-10-13(18)2/h12-14,16H,8-11H2,1-7H3. The third kappa shape index (κ3) is 4.52. The number of rotatable bonds is 4. The molecule has 0 aliphatic carbocycles. The predicted molar refractivity (Wildman–Crippen MR) is 80.0 cm³/mol. The van der Waals surface area contributed by atoms with Crippen molar-refractivity contribution in [2.45, 2.75) is 59.2 Å². The molecule has 0 spiro atoms. The molecule has 3 unspecified atom stereocenters. The van der Waals surface area contributed by atoms with E-state index < -0.39 is 0 Å². The Kier molecular flexibility index (Phi) is 5.63. The summed E-state index contributed by atoms with van der Waals surface area (Å²) in [6, 6.07) is 1.94. The van der Waals surface area contributed by atoms with Crippen LogP contribution in [0.15, 0.2) is 0 Å². The van der Waals surface area contributed by atoms with E-state index in [0.29, 0.717) is 23.5 Å². The molecule has 1 saturated heterocycles. The molecule has 0 radical (unpaired) electrons. The quantitative estimate of drug-likeness (QED) is 0.829. The van der Waals surface area contributed by atoms with Crippen LogP contribution in [0.3, 0.4) is 0 Å². The van der Waals surface area contributed by atoms with Crippen LogP contribution >= 0.6 is 0 Å². The molecule has 0 amide bonds. The maximum atomic E-state index is 3.71. The van der Waals surface area contributed by atoms with E-state index >= 15 is 0 Å². The van der Waals surface area contributed by atoms with Gasteiger partial charge in [-0.2, -0.15) is 0 Å². The van der Waals surface area contributed by atoms with Gasteiger partial charge in [-0.25, -0.2) is 0 Å². The Bertz CT molecular complexity index is 245. The average molecular weight is 255 g/mol. The van der Waals surface area contributed by atoms with Gasteiger partial charge in [-0.15, -0.1) is 0 Å². The van der Waals surface area contributed by atoms with E-state index in [0.717, 1.165) is 6.54 Å². The minimum atomic E-state index is 0.347. The van der Waals surface area contributed by atoms with E-state index in [1.165, 1.54) is 19.5 Å². The summed E-state index contributed by atoms with van der Waals surface area (Å²) >= 11 is 0. The molecule has 3 atom stereocenters. The van der Waals surface area contributed by atoms with Crippen molar-refractivity contribution in [2.75, 3.05) is 33.7 Å². The van der Waals surface area contributed by atoms with Gasteiger partial charge in [0.2, 0.25) is 0 Å². The molecule has 1 aliphatic heterocycles. The smallest absolute Gasteiger partial charge is 0.0244 e. The topological polar surface area (TPSA) is 18.5 Å². The third-order valence-electron chi connectivity index (χ3n) is 4.22. The molecule has 1 fully saturated rings. The lowest BCUT2D eigenvalue weighted by Crippen LogP contribution is -2.61. The van der Waals surface area contributed by atoms with Crippen LogP contribution in [0.1, 0.15) is 41.0 Å². The summed E-state index contributed by atoms with van der Waals surface area (Å²) in [4.78, 5) is 4.97.